The Hall–Kier alpha value is -2.48. The highest BCUT2D eigenvalue weighted by Gasteiger charge is 2.18. The Labute approximate surface area is 120 Å². The van der Waals surface area contributed by atoms with Crippen LogP contribution >= 0.6 is 0 Å². The number of fused-ring (bicyclic) bond motifs is 1. The molecular formula is C13H11FN4O2S. The molecule has 0 spiro atoms. The fourth-order valence-corrected chi connectivity index (χ4v) is 3.01. The Morgan fingerprint density at radius 2 is 2.10 bits per heavy atom. The number of benzene rings is 1. The lowest BCUT2D eigenvalue weighted by Gasteiger charge is -2.07. The average molecular weight is 306 g/mol. The summed E-state index contributed by atoms with van der Waals surface area (Å²) >= 11 is 0. The van der Waals surface area contributed by atoms with Gasteiger partial charge >= 0.3 is 0 Å². The summed E-state index contributed by atoms with van der Waals surface area (Å²) in [5.74, 6) is -0.302. The number of aromatic amines is 1. The summed E-state index contributed by atoms with van der Waals surface area (Å²) in [4.78, 5) is 4.00. The first-order chi connectivity index (χ1) is 9.97. The van der Waals surface area contributed by atoms with Gasteiger partial charge in [0, 0.05) is 6.20 Å². The molecule has 2 heterocycles. The lowest BCUT2D eigenvalue weighted by Crippen LogP contribution is -2.13. The summed E-state index contributed by atoms with van der Waals surface area (Å²) in [5.41, 5.74) is 0.733. The van der Waals surface area contributed by atoms with Crippen LogP contribution in [0.1, 0.15) is 5.56 Å². The molecule has 21 heavy (non-hydrogen) atoms. The summed E-state index contributed by atoms with van der Waals surface area (Å²) in [6.45, 7) is 1.50. The van der Waals surface area contributed by atoms with Crippen LogP contribution in [0.4, 0.5) is 10.2 Å². The molecule has 6 nitrogen and oxygen atoms in total. The van der Waals surface area contributed by atoms with Gasteiger partial charge in [-0.25, -0.2) is 17.8 Å². The fourth-order valence-electron chi connectivity index (χ4n) is 1.90. The number of hydrogen-bond acceptors (Lipinski definition) is 4. The van der Waals surface area contributed by atoms with Gasteiger partial charge in [-0.3, -0.25) is 9.82 Å². The third-order valence-electron chi connectivity index (χ3n) is 3.01. The quantitative estimate of drug-likeness (QED) is 0.776. The van der Waals surface area contributed by atoms with Crippen LogP contribution in [-0.2, 0) is 10.0 Å². The van der Waals surface area contributed by atoms with E-state index in [1.165, 1.54) is 19.1 Å². The summed E-state index contributed by atoms with van der Waals surface area (Å²) < 4.78 is 40.2. The first-order valence-electron chi connectivity index (χ1n) is 6.05. The predicted molar refractivity (Wildman–Crippen MR) is 75.8 cm³/mol. The maximum atomic E-state index is 13.2. The minimum Gasteiger partial charge on any atom is -0.261 e. The summed E-state index contributed by atoms with van der Waals surface area (Å²) in [6.07, 6.45) is 1.57. The summed E-state index contributed by atoms with van der Waals surface area (Å²) in [7, 11) is -3.84. The van der Waals surface area contributed by atoms with Gasteiger partial charge in [0.05, 0.1) is 10.3 Å². The first-order valence-corrected chi connectivity index (χ1v) is 7.54. The topological polar surface area (TPSA) is 87.7 Å². The van der Waals surface area contributed by atoms with Crippen molar-refractivity contribution in [2.75, 3.05) is 4.72 Å². The zero-order valence-electron chi connectivity index (χ0n) is 11.0. The number of sulfonamides is 1. The molecule has 8 heteroatoms. The molecule has 2 N–H and O–H groups in total. The highest BCUT2D eigenvalue weighted by atomic mass is 32.2. The van der Waals surface area contributed by atoms with Crippen molar-refractivity contribution >= 4 is 26.9 Å². The second-order valence-corrected chi connectivity index (χ2v) is 6.17. The van der Waals surface area contributed by atoms with Gasteiger partial charge in [-0.15, -0.1) is 0 Å². The Balaban J connectivity index is 2.01. The average Bonchev–Trinajstić information content (AvgIpc) is 2.85. The number of hydrogen-bond donors (Lipinski definition) is 2. The Kier molecular flexibility index (Phi) is 3.09. The van der Waals surface area contributed by atoms with Crippen molar-refractivity contribution in [1.82, 2.24) is 15.2 Å². The third-order valence-corrected chi connectivity index (χ3v) is 4.34. The van der Waals surface area contributed by atoms with Gasteiger partial charge in [-0.1, -0.05) is 0 Å². The molecule has 0 atom stereocenters. The van der Waals surface area contributed by atoms with E-state index in [0.717, 1.165) is 6.07 Å². The number of pyridine rings is 1. The predicted octanol–water partition coefficient (Wildman–Crippen LogP) is 2.21. The number of aryl methyl sites for hydroxylation is 1. The standard InChI is InChI=1S/C13H11FN4O2S/c1-8-7-9(4-5-11(8)14)21(19,20)18-13-10-3-2-6-15-12(10)16-17-13/h2-7H,1H3,(H2,15,16,17,18). The first kappa shape index (κ1) is 13.5. The molecule has 0 bridgehead atoms. The second-order valence-electron chi connectivity index (χ2n) is 4.49. The van der Waals surface area contributed by atoms with Crippen molar-refractivity contribution < 1.29 is 12.8 Å². The molecule has 0 radical (unpaired) electrons. The number of aromatic nitrogens is 3. The molecule has 0 aliphatic heterocycles. The van der Waals surface area contributed by atoms with Crippen molar-refractivity contribution in [2.45, 2.75) is 11.8 Å². The zero-order chi connectivity index (χ0) is 15.0. The molecule has 3 aromatic rings. The molecule has 0 amide bonds. The van der Waals surface area contributed by atoms with Crippen LogP contribution in [-0.4, -0.2) is 23.6 Å². The monoisotopic (exact) mass is 306 g/mol. The molecule has 3 rings (SSSR count). The molecule has 1 aromatic carbocycles. The highest BCUT2D eigenvalue weighted by molar-refractivity contribution is 7.92. The van der Waals surface area contributed by atoms with Gasteiger partial charge in [0.1, 0.15) is 5.82 Å². The minimum absolute atomic E-state index is 0.0264. The lowest BCUT2D eigenvalue weighted by atomic mass is 10.2. The Bertz CT molecular complexity index is 921. The van der Waals surface area contributed by atoms with Crippen molar-refractivity contribution in [2.24, 2.45) is 0 Å². The van der Waals surface area contributed by atoms with E-state index < -0.39 is 15.8 Å². The van der Waals surface area contributed by atoms with Crippen LogP contribution < -0.4 is 4.72 Å². The third kappa shape index (κ3) is 2.45. The number of nitrogens with zero attached hydrogens (tertiary/aromatic N) is 2. The second kappa shape index (κ2) is 4.81. The molecule has 0 aliphatic carbocycles. The van der Waals surface area contributed by atoms with E-state index in [2.05, 4.69) is 19.9 Å². The number of halogens is 1. The maximum Gasteiger partial charge on any atom is 0.263 e. The van der Waals surface area contributed by atoms with Crippen LogP contribution in [0, 0.1) is 12.7 Å². The Morgan fingerprint density at radius 1 is 1.29 bits per heavy atom. The molecule has 2 aromatic heterocycles. The van der Waals surface area contributed by atoms with Gasteiger partial charge in [-0.2, -0.15) is 5.10 Å². The molecule has 0 unspecified atom stereocenters. The van der Waals surface area contributed by atoms with Gasteiger partial charge in [-0.05, 0) is 42.8 Å². The van der Waals surface area contributed by atoms with Crippen LogP contribution in [0.15, 0.2) is 41.4 Å². The van der Waals surface area contributed by atoms with Crippen LogP contribution in [0.2, 0.25) is 0 Å². The number of anilines is 1. The minimum atomic E-state index is -3.84. The molecule has 0 saturated heterocycles. The van der Waals surface area contributed by atoms with Crippen molar-refractivity contribution in [3.63, 3.8) is 0 Å². The lowest BCUT2D eigenvalue weighted by molar-refractivity contribution is 0.598. The highest BCUT2D eigenvalue weighted by Crippen LogP contribution is 2.22. The zero-order valence-corrected chi connectivity index (χ0v) is 11.8. The van der Waals surface area contributed by atoms with E-state index in [1.54, 1.807) is 18.3 Å². The van der Waals surface area contributed by atoms with E-state index in [4.69, 9.17) is 0 Å². The number of rotatable bonds is 3. The van der Waals surface area contributed by atoms with E-state index in [-0.39, 0.29) is 16.3 Å². The normalized spacial score (nSPS) is 11.7. The summed E-state index contributed by atoms with van der Waals surface area (Å²) in [6, 6.07) is 6.97. The van der Waals surface area contributed by atoms with E-state index in [0.29, 0.717) is 11.0 Å². The van der Waals surface area contributed by atoms with Crippen LogP contribution in [0.3, 0.4) is 0 Å². The maximum absolute atomic E-state index is 13.2. The summed E-state index contributed by atoms with van der Waals surface area (Å²) in [5, 5.41) is 7.08. The van der Waals surface area contributed by atoms with Gasteiger partial charge in [0.15, 0.2) is 11.5 Å². The molecule has 0 fully saturated rings. The van der Waals surface area contributed by atoms with E-state index in [1.807, 2.05) is 0 Å². The molecule has 108 valence electrons. The van der Waals surface area contributed by atoms with Gasteiger partial charge in [0.2, 0.25) is 0 Å². The molecule has 0 aliphatic rings. The van der Waals surface area contributed by atoms with Crippen molar-refractivity contribution in [1.29, 1.82) is 0 Å². The smallest absolute Gasteiger partial charge is 0.261 e. The molecular weight excluding hydrogens is 295 g/mol. The van der Waals surface area contributed by atoms with Crippen LogP contribution in [0.25, 0.3) is 11.0 Å². The van der Waals surface area contributed by atoms with E-state index in [9.17, 15) is 12.8 Å². The fraction of sp³-hybridized carbons (Fsp3) is 0.0769. The number of H-pyrrole nitrogens is 1. The van der Waals surface area contributed by atoms with Gasteiger partial charge in [0.25, 0.3) is 10.0 Å². The van der Waals surface area contributed by atoms with E-state index >= 15 is 0 Å². The molecule has 0 saturated carbocycles. The van der Waals surface area contributed by atoms with Crippen LogP contribution in [0.5, 0.6) is 0 Å². The Morgan fingerprint density at radius 3 is 2.86 bits per heavy atom. The number of nitrogens with one attached hydrogen (secondary N) is 2. The van der Waals surface area contributed by atoms with Gasteiger partial charge < -0.3 is 0 Å². The van der Waals surface area contributed by atoms with Crippen molar-refractivity contribution in [3.8, 4) is 0 Å². The SMILES string of the molecule is Cc1cc(S(=O)(=O)Nc2n[nH]c3ncccc23)ccc1F. The van der Waals surface area contributed by atoms with Crippen molar-refractivity contribution in [3.05, 3.63) is 47.9 Å². The largest absolute Gasteiger partial charge is 0.263 e.